The van der Waals surface area contributed by atoms with Crippen molar-refractivity contribution in [2.75, 3.05) is 18.4 Å². The third kappa shape index (κ3) is 4.52. The van der Waals surface area contributed by atoms with Gasteiger partial charge in [-0.3, -0.25) is 9.62 Å². The topological polar surface area (TPSA) is 75.7 Å². The zero-order chi connectivity index (χ0) is 22.9. The summed E-state index contributed by atoms with van der Waals surface area (Å²) in [7, 11) is -2.83. The molecule has 1 aliphatic heterocycles. The molecular formula is C22H20F2N2O4S2. The van der Waals surface area contributed by atoms with Crippen LogP contribution in [0.4, 0.5) is 14.5 Å². The Morgan fingerprint density at radius 2 is 1.94 bits per heavy atom. The number of hydrogen-bond acceptors (Lipinski definition) is 6. The summed E-state index contributed by atoms with van der Waals surface area (Å²) in [4.78, 5) is 15.1. The highest BCUT2D eigenvalue weighted by Crippen LogP contribution is 2.37. The van der Waals surface area contributed by atoms with Crippen molar-refractivity contribution in [3.63, 3.8) is 0 Å². The van der Waals surface area contributed by atoms with Gasteiger partial charge in [-0.15, -0.1) is 11.3 Å². The minimum absolute atomic E-state index is 0.0449. The number of ether oxygens (including phenoxy) is 1. The van der Waals surface area contributed by atoms with Gasteiger partial charge in [0.15, 0.2) is 4.21 Å². The van der Waals surface area contributed by atoms with Crippen LogP contribution in [-0.2, 0) is 34.3 Å². The number of carbonyl (C=O) groups excluding carboxylic acids is 1. The van der Waals surface area contributed by atoms with Crippen LogP contribution in [0, 0.1) is 11.6 Å². The molecule has 0 atom stereocenters. The molecule has 32 heavy (non-hydrogen) atoms. The number of halogens is 2. The second kappa shape index (κ2) is 8.97. The molecule has 10 heteroatoms. The van der Waals surface area contributed by atoms with Crippen molar-refractivity contribution in [2.24, 2.45) is 0 Å². The third-order valence-electron chi connectivity index (χ3n) is 5.17. The first kappa shape index (κ1) is 22.4. The van der Waals surface area contributed by atoms with Gasteiger partial charge in [0, 0.05) is 41.8 Å². The maximum Gasteiger partial charge on any atom is 0.340 e. The highest BCUT2D eigenvalue weighted by molar-refractivity contribution is 7.94. The predicted molar refractivity (Wildman–Crippen MR) is 117 cm³/mol. The lowest BCUT2D eigenvalue weighted by molar-refractivity contribution is 0.0595. The third-order valence-corrected chi connectivity index (χ3v) is 8.29. The molecule has 1 aliphatic rings. The average Bonchev–Trinajstić information content (AvgIpc) is 3.15. The standard InChI is InChI=1S/C22H20F2N2O4S2/c1-30-21(27)20-17-9-10-26(12-14-7-8-15(23)11-18(14)24)13-19(17)31-22(20)32(28,29)25-16-5-3-2-4-6-16/h2-8,11,25H,9-10,12-13H2,1H3. The monoisotopic (exact) mass is 478 g/mol. The highest BCUT2D eigenvalue weighted by Gasteiger charge is 2.34. The van der Waals surface area contributed by atoms with Gasteiger partial charge in [-0.25, -0.2) is 22.0 Å². The molecule has 3 aromatic rings. The molecule has 4 rings (SSSR count). The van der Waals surface area contributed by atoms with E-state index in [9.17, 15) is 22.0 Å². The quantitative estimate of drug-likeness (QED) is 0.538. The van der Waals surface area contributed by atoms with Crippen molar-refractivity contribution in [1.29, 1.82) is 0 Å². The number of esters is 1. The van der Waals surface area contributed by atoms with Crippen molar-refractivity contribution in [1.82, 2.24) is 4.90 Å². The molecule has 168 valence electrons. The van der Waals surface area contributed by atoms with Gasteiger partial charge >= 0.3 is 5.97 Å². The van der Waals surface area contributed by atoms with E-state index in [1.54, 1.807) is 30.3 Å². The lowest BCUT2D eigenvalue weighted by Crippen LogP contribution is -2.30. The largest absolute Gasteiger partial charge is 0.465 e. The van der Waals surface area contributed by atoms with E-state index in [1.165, 1.54) is 19.2 Å². The van der Waals surface area contributed by atoms with Crippen molar-refractivity contribution >= 4 is 33.0 Å². The van der Waals surface area contributed by atoms with E-state index in [4.69, 9.17) is 4.74 Å². The summed E-state index contributed by atoms with van der Waals surface area (Å²) in [6, 6.07) is 11.8. The number of carbonyl (C=O) groups is 1. The fraction of sp³-hybridized carbons (Fsp3) is 0.227. The number of methoxy groups -OCH3 is 1. The molecular weight excluding hydrogens is 458 g/mol. The van der Waals surface area contributed by atoms with Crippen LogP contribution in [0.3, 0.4) is 0 Å². The number of nitrogens with one attached hydrogen (secondary N) is 1. The Balaban J connectivity index is 1.65. The first-order valence-electron chi connectivity index (χ1n) is 9.75. The first-order valence-corrected chi connectivity index (χ1v) is 12.1. The van der Waals surface area contributed by atoms with Gasteiger partial charge in [-0.2, -0.15) is 0 Å². The molecule has 6 nitrogen and oxygen atoms in total. The van der Waals surface area contributed by atoms with Crippen molar-refractivity contribution in [3.05, 3.63) is 81.7 Å². The van der Waals surface area contributed by atoms with Crippen LogP contribution in [0.25, 0.3) is 0 Å². The van der Waals surface area contributed by atoms with E-state index in [2.05, 4.69) is 4.72 Å². The lowest BCUT2D eigenvalue weighted by Gasteiger charge is -2.27. The van der Waals surface area contributed by atoms with E-state index in [0.29, 0.717) is 41.2 Å². The highest BCUT2D eigenvalue weighted by atomic mass is 32.2. The van der Waals surface area contributed by atoms with Gasteiger partial charge in [0.2, 0.25) is 0 Å². The Hall–Kier alpha value is -2.82. The van der Waals surface area contributed by atoms with E-state index in [0.717, 1.165) is 17.4 Å². The van der Waals surface area contributed by atoms with Crippen molar-refractivity contribution in [2.45, 2.75) is 23.7 Å². The van der Waals surface area contributed by atoms with Crippen LogP contribution in [0.1, 0.15) is 26.4 Å². The molecule has 0 radical (unpaired) electrons. The number of thiophene rings is 1. The number of hydrogen-bond donors (Lipinski definition) is 1. The summed E-state index contributed by atoms with van der Waals surface area (Å²) < 4.78 is 60.7. The van der Waals surface area contributed by atoms with Gasteiger partial charge < -0.3 is 4.74 Å². The summed E-state index contributed by atoms with van der Waals surface area (Å²) in [6.45, 7) is 1.05. The van der Waals surface area contributed by atoms with Gasteiger partial charge in [0.25, 0.3) is 10.0 Å². The molecule has 0 saturated carbocycles. The van der Waals surface area contributed by atoms with Crippen LogP contribution in [0.2, 0.25) is 0 Å². The molecule has 0 aliphatic carbocycles. The minimum atomic E-state index is -4.03. The molecule has 0 fully saturated rings. The van der Waals surface area contributed by atoms with Gasteiger partial charge in [0.05, 0.1) is 12.7 Å². The maximum absolute atomic E-state index is 14.1. The first-order chi connectivity index (χ1) is 15.3. The zero-order valence-corrected chi connectivity index (χ0v) is 18.7. The van der Waals surface area contributed by atoms with Crippen LogP contribution in [0.5, 0.6) is 0 Å². The lowest BCUT2D eigenvalue weighted by atomic mass is 10.0. The van der Waals surface area contributed by atoms with Crippen molar-refractivity contribution < 1.29 is 26.7 Å². The summed E-state index contributed by atoms with van der Waals surface area (Å²) >= 11 is 1.01. The predicted octanol–water partition coefficient (Wildman–Crippen LogP) is 4.17. The van der Waals surface area contributed by atoms with Gasteiger partial charge in [-0.1, -0.05) is 24.3 Å². The molecule has 0 saturated heterocycles. The number of rotatable bonds is 6. The van der Waals surface area contributed by atoms with Gasteiger partial charge in [0.1, 0.15) is 11.6 Å². The Labute approximate surface area is 188 Å². The van der Waals surface area contributed by atoms with Crippen LogP contribution in [0.15, 0.2) is 52.7 Å². The van der Waals surface area contributed by atoms with E-state index in [1.807, 2.05) is 4.90 Å². The second-order valence-electron chi connectivity index (χ2n) is 7.33. The second-order valence-corrected chi connectivity index (χ2v) is 10.3. The van der Waals surface area contributed by atoms with Crippen molar-refractivity contribution in [3.8, 4) is 0 Å². The van der Waals surface area contributed by atoms with E-state index < -0.39 is 27.6 Å². The Kier molecular flexibility index (Phi) is 6.27. The normalized spacial score (nSPS) is 14.1. The fourth-order valence-corrected chi connectivity index (χ4v) is 6.65. The van der Waals surface area contributed by atoms with Gasteiger partial charge in [-0.05, 0) is 30.2 Å². The van der Waals surface area contributed by atoms with E-state index in [-0.39, 0.29) is 16.3 Å². The summed E-state index contributed by atoms with van der Waals surface area (Å²) in [6.07, 6.45) is 0.403. The number of anilines is 1. The zero-order valence-electron chi connectivity index (χ0n) is 17.1. The SMILES string of the molecule is COC(=O)c1c(S(=O)(=O)Nc2ccccc2)sc2c1CCN(Cc1ccc(F)cc1F)C2. The summed E-state index contributed by atoms with van der Waals surface area (Å²) in [5, 5.41) is 0. The molecule has 1 N–H and O–H groups in total. The number of nitrogens with zero attached hydrogens (tertiary/aromatic N) is 1. The summed E-state index contributed by atoms with van der Waals surface area (Å²) in [5.41, 5.74) is 1.40. The van der Waals surface area contributed by atoms with Crippen LogP contribution >= 0.6 is 11.3 Å². The minimum Gasteiger partial charge on any atom is -0.465 e. The Morgan fingerprint density at radius 1 is 1.19 bits per heavy atom. The Morgan fingerprint density at radius 3 is 2.62 bits per heavy atom. The number of benzene rings is 2. The molecule has 2 aromatic carbocycles. The summed E-state index contributed by atoms with van der Waals surface area (Å²) in [5.74, 6) is -1.99. The molecule has 1 aromatic heterocycles. The van der Waals surface area contributed by atoms with Crippen LogP contribution in [-0.4, -0.2) is 32.9 Å². The molecule has 0 bridgehead atoms. The molecule has 0 amide bonds. The number of fused-ring (bicyclic) bond motifs is 1. The molecule has 0 unspecified atom stereocenters. The number of sulfonamides is 1. The van der Waals surface area contributed by atoms with E-state index >= 15 is 0 Å². The maximum atomic E-state index is 14.1. The Bertz CT molecular complexity index is 1260. The smallest absolute Gasteiger partial charge is 0.340 e. The van der Waals surface area contributed by atoms with Crippen LogP contribution < -0.4 is 4.72 Å². The average molecular weight is 479 g/mol. The fourth-order valence-electron chi connectivity index (χ4n) is 3.66. The molecule has 0 spiro atoms. The molecule has 2 heterocycles. The number of para-hydroxylation sites is 1.